The van der Waals surface area contributed by atoms with Gasteiger partial charge in [-0.05, 0) is 38.1 Å². The Balaban J connectivity index is 2.01. The Morgan fingerprint density at radius 3 is 2.55 bits per heavy atom. The first-order valence-electron chi connectivity index (χ1n) is 8.69. The zero-order valence-electron chi connectivity index (χ0n) is 15.5. The van der Waals surface area contributed by atoms with Gasteiger partial charge in [-0.2, -0.15) is 8.78 Å². The van der Waals surface area contributed by atoms with E-state index in [-0.39, 0.29) is 5.69 Å². The van der Waals surface area contributed by atoms with Crippen LogP contribution in [0.3, 0.4) is 0 Å². The number of hydrogen-bond donors (Lipinski definition) is 1. The van der Waals surface area contributed by atoms with Crippen molar-refractivity contribution in [1.82, 2.24) is 9.55 Å². The Morgan fingerprint density at radius 2 is 1.93 bits per heavy atom. The summed E-state index contributed by atoms with van der Waals surface area (Å²) in [6, 6.07) is 9.70. The van der Waals surface area contributed by atoms with Crippen LogP contribution in [0.25, 0.3) is 11.0 Å². The third-order valence-corrected chi connectivity index (χ3v) is 5.87. The van der Waals surface area contributed by atoms with Gasteiger partial charge in [0.15, 0.2) is 0 Å². The third-order valence-electron chi connectivity index (χ3n) is 4.49. The van der Waals surface area contributed by atoms with E-state index in [1.54, 1.807) is 6.92 Å². The fourth-order valence-electron chi connectivity index (χ4n) is 3.12. The van der Waals surface area contributed by atoms with Crippen molar-refractivity contribution in [3.05, 3.63) is 58.4 Å². The van der Waals surface area contributed by atoms with Gasteiger partial charge in [-0.15, -0.1) is 0 Å². The lowest BCUT2D eigenvalue weighted by Gasteiger charge is -2.17. The maximum atomic E-state index is 12.8. The summed E-state index contributed by atoms with van der Waals surface area (Å²) in [4.78, 5) is 14.4. The SMILES string of the molecule is CCn1c(C(C)Nc2ccc(S(=O)(=O)C(F)F)cc2[N+](=O)[O-])nc2ccccc21. The number of aryl methyl sites for hydroxylation is 1. The van der Waals surface area contributed by atoms with E-state index in [0.29, 0.717) is 18.4 Å². The molecule has 11 heteroatoms. The van der Waals surface area contributed by atoms with Crippen molar-refractivity contribution in [2.24, 2.45) is 0 Å². The Bertz CT molecular complexity index is 1180. The monoisotopic (exact) mass is 424 g/mol. The normalized spacial score (nSPS) is 13.0. The average Bonchev–Trinajstić information content (AvgIpc) is 3.06. The van der Waals surface area contributed by atoms with Crippen molar-refractivity contribution in [3.63, 3.8) is 0 Å². The topological polar surface area (TPSA) is 107 Å². The predicted molar refractivity (Wildman–Crippen MR) is 104 cm³/mol. The highest BCUT2D eigenvalue weighted by atomic mass is 32.2. The highest BCUT2D eigenvalue weighted by Gasteiger charge is 2.30. The quantitative estimate of drug-likeness (QED) is 0.451. The van der Waals surface area contributed by atoms with Crippen LogP contribution in [-0.4, -0.2) is 28.6 Å². The minimum absolute atomic E-state index is 0.00502. The Hall–Kier alpha value is -3.08. The van der Waals surface area contributed by atoms with Crippen molar-refractivity contribution >= 4 is 32.2 Å². The molecule has 0 bridgehead atoms. The van der Waals surface area contributed by atoms with E-state index >= 15 is 0 Å². The van der Waals surface area contributed by atoms with Crippen molar-refractivity contribution in [1.29, 1.82) is 0 Å². The van der Waals surface area contributed by atoms with Crippen LogP contribution in [0.4, 0.5) is 20.2 Å². The third kappa shape index (κ3) is 3.77. The molecule has 3 aromatic rings. The lowest BCUT2D eigenvalue weighted by Crippen LogP contribution is -2.15. The number of para-hydroxylation sites is 2. The van der Waals surface area contributed by atoms with Crippen LogP contribution in [0.2, 0.25) is 0 Å². The smallest absolute Gasteiger partial charge is 0.341 e. The Morgan fingerprint density at radius 1 is 1.24 bits per heavy atom. The molecule has 0 fully saturated rings. The van der Waals surface area contributed by atoms with Crippen LogP contribution in [0.5, 0.6) is 0 Å². The highest BCUT2D eigenvalue weighted by molar-refractivity contribution is 7.91. The van der Waals surface area contributed by atoms with Crippen LogP contribution in [0.15, 0.2) is 47.4 Å². The number of imidazole rings is 1. The maximum Gasteiger partial charge on any atom is 0.341 e. The summed E-state index contributed by atoms with van der Waals surface area (Å²) in [5.74, 6) is -3.03. The summed E-state index contributed by atoms with van der Waals surface area (Å²) in [5, 5.41) is 14.4. The van der Waals surface area contributed by atoms with E-state index in [9.17, 15) is 27.3 Å². The first kappa shape index (κ1) is 20.6. The van der Waals surface area contributed by atoms with Gasteiger partial charge in [-0.25, -0.2) is 13.4 Å². The summed E-state index contributed by atoms with van der Waals surface area (Å²) >= 11 is 0. The summed E-state index contributed by atoms with van der Waals surface area (Å²) in [7, 11) is -4.94. The maximum absolute atomic E-state index is 12.8. The number of nitrogens with zero attached hydrogens (tertiary/aromatic N) is 3. The molecule has 154 valence electrons. The molecular weight excluding hydrogens is 406 g/mol. The number of alkyl halides is 2. The van der Waals surface area contributed by atoms with E-state index in [1.165, 1.54) is 0 Å². The molecule has 0 amide bonds. The van der Waals surface area contributed by atoms with E-state index in [2.05, 4.69) is 10.3 Å². The lowest BCUT2D eigenvalue weighted by molar-refractivity contribution is -0.384. The number of benzene rings is 2. The summed E-state index contributed by atoms with van der Waals surface area (Å²) < 4.78 is 50.8. The second-order valence-electron chi connectivity index (χ2n) is 6.31. The molecule has 0 aliphatic rings. The van der Waals surface area contributed by atoms with Crippen LogP contribution in [0, 0.1) is 10.1 Å². The lowest BCUT2D eigenvalue weighted by atomic mass is 10.2. The number of nitrogens with one attached hydrogen (secondary N) is 1. The van der Waals surface area contributed by atoms with Gasteiger partial charge in [0.25, 0.3) is 5.69 Å². The second-order valence-corrected chi connectivity index (χ2v) is 8.23. The van der Waals surface area contributed by atoms with Gasteiger partial charge in [-0.1, -0.05) is 12.1 Å². The molecule has 0 saturated heterocycles. The minimum atomic E-state index is -4.94. The number of fused-ring (bicyclic) bond motifs is 1. The molecule has 0 aliphatic carbocycles. The Labute approximate surface area is 165 Å². The van der Waals surface area contributed by atoms with E-state index in [4.69, 9.17) is 0 Å². The molecule has 2 aromatic carbocycles. The van der Waals surface area contributed by atoms with Crippen LogP contribution < -0.4 is 5.32 Å². The molecule has 0 spiro atoms. The number of nitro groups is 1. The van der Waals surface area contributed by atoms with Crippen LogP contribution in [-0.2, 0) is 16.4 Å². The van der Waals surface area contributed by atoms with E-state index in [1.807, 2.05) is 35.8 Å². The molecule has 1 unspecified atom stereocenters. The molecule has 0 radical (unpaired) electrons. The molecule has 1 atom stereocenters. The average molecular weight is 424 g/mol. The molecule has 0 aliphatic heterocycles. The second kappa shape index (κ2) is 7.74. The molecule has 3 rings (SSSR count). The number of aromatic nitrogens is 2. The van der Waals surface area contributed by atoms with Gasteiger partial charge in [0, 0.05) is 12.6 Å². The van der Waals surface area contributed by atoms with Crippen molar-refractivity contribution in [2.75, 3.05) is 5.32 Å². The van der Waals surface area contributed by atoms with E-state index in [0.717, 1.165) is 23.2 Å². The van der Waals surface area contributed by atoms with Gasteiger partial charge in [0.05, 0.1) is 26.9 Å². The molecule has 29 heavy (non-hydrogen) atoms. The number of hydrogen-bond acceptors (Lipinski definition) is 6. The highest BCUT2D eigenvalue weighted by Crippen LogP contribution is 2.32. The molecule has 8 nitrogen and oxygen atoms in total. The number of anilines is 1. The van der Waals surface area contributed by atoms with Gasteiger partial charge in [0.2, 0.25) is 9.84 Å². The van der Waals surface area contributed by atoms with Crippen molar-refractivity contribution in [3.8, 4) is 0 Å². The molecule has 1 aromatic heterocycles. The van der Waals surface area contributed by atoms with E-state index < -0.39 is 37.1 Å². The predicted octanol–water partition coefficient (Wildman–Crippen LogP) is 4.13. The fourth-order valence-corrected chi connectivity index (χ4v) is 3.86. The van der Waals surface area contributed by atoms with Crippen LogP contribution >= 0.6 is 0 Å². The standard InChI is InChI=1S/C18H18F2N4O4S/c1-3-23-15-7-5-4-6-13(15)22-17(23)11(2)21-14-9-8-12(10-16(14)24(25)26)29(27,28)18(19)20/h4-11,18,21H,3H2,1-2H3. The Kier molecular flexibility index (Phi) is 5.51. The summed E-state index contributed by atoms with van der Waals surface area (Å²) in [5.41, 5.74) is 1.07. The van der Waals surface area contributed by atoms with Gasteiger partial charge >= 0.3 is 5.76 Å². The van der Waals surface area contributed by atoms with Crippen molar-refractivity contribution < 1.29 is 22.1 Å². The fraction of sp³-hybridized carbons (Fsp3) is 0.278. The molecule has 0 saturated carbocycles. The van der Waals surface area contributed by atoms with Gasteiger partial charge in [-0.3, -0.25) is 10.1 Å². The van der Waals surface area contributed by atoms with Crippen molar-refractivity contribution in [2.45, 2.75) is 37.1 Å². The van der Waals surface area contributed by atoms with Gasteiger partial charge in [0.1, 0.15) is 11.5 Å². The zero-order valence-corrected chi connectivity index (χ0v) is 16.4. The molecule has 1 N–H and O–H groups in total. The summed E-state index contributed by atoms with van der Waals surface area (Å²) in [6.07, 6.45) is 0. The number of rotatable bonds is 7. The van der Waals surface area contributed by atoms with Crippen LogP contribution in [0.1, 0.15) is 25.7 Å². The largest absolute Gasteiger partial charge is 0.370 e. The first-order valence-corrected chi connectivity index (χ1v) is 10.2. The number of nitro benzene ring substituents is 1. The molecular formula is C18H18F2N4O4S. The number of halogens is 2. The first-order chi connectivity index (χ1) is 13.7. The zero-order chi connectivity index (χ0) is 21.3. The molecule has 1 heterocycles. The number of sulfone groups is 1. The van der Waals surface area contributed by atoms with Gasteiger partial charge < -0.3 is 9.88 Å². The minimum Gasteiger partial charge on any atom is -0.370 e. The summed E-state index contributed by atoms with van der Waals surface area (Å²) in [6.45, 7) is 4.31.